The molecular formula is C9H12FN2O9P. The predicted octanol–water partition coefficient (Wildman–Crippen LogP) is -2.60. The summed E-state index contributed by atoms with van der Waals surface area (Å²) in [5.41, 5.74) is -2.37. The van der Waals surface area contributed by atoms with E-state index < -0.39 is 56.0 Å². The van der Waals surface area contributed by atoms with Crippen LogP contribution in [-0.2, 0) is 13.8 Å². The molecule has 0 bridgehead atoms. The topological polar surface area (TPSA) is 171 Å². The number of aromatic amines is 1. The smallest absolute Gasteiger partial charge is 0.387 e. The first kappa shape index (κ1) is 17.0. The maximum Gasteiger partial charge on any atom is 0.469 e. The van der Waals surface area contributed by atoms with Crippen molar-refractivity contribution in [1.82, 2.24) is 9.55 Å². The zero-order chi connectivity index (χ0) is 16.7. The lowest BCUT2D eigenvalue weighted by atomic mass is 10.1. The van der Waals surface area contributed by atoms with Gasteiger partial charge in [0, 0.05) is 0 Å². The van der Waals surface area contributed by atoms with E-state index in [9.17, 15) is 28.8 Å². The van der Waals surface area contributed by atoms with Gasteiger partial charge in [-0.2, -0.15) is 4.39 Å². The molecule has 1 fully saturated rings. The van der Waals surface area contributed by atoms with E-state index in [1.54, 1.807) is 4.98 Å². The molecule has 22 heavy (non-hydrogen) atoms. The highest BCUT2D eigenvalue weighted by Crippen LogP contribution is 2.38. The van der Waals surface area contributed by atoms with Gasteiger partial charge in [-0.3, -0.25) is 18.9 Å². The van der Waals surface area contributed by atoms with Gasteiger partial charge in [0.05, 0.1) is 12.8 Å². The highest BCUT2D eigenvalue weighted by atomic mass is 31.2. The zero-order valence-corrected chi connectivity index (χ0v) is 11.6. The minimum Gasteiger partial charge on any atom is -0.387 e. The Morgan fingerprint density at radius 3 is 2.59 bits per heavy atom. The molecule has 0 spiro atoms. The van der Waals surface area contributed by atoms with Crippen molar-refractivity contribution < 1.29 is 38.2 Å². The molecule has 0 unspecified atom stereocenters. The molecule has 1 aromatic heterocycles. The van der Waals surface area contributed by atoms with Crippen LogP contribution in [0.5, 0.6) is 0 Å². The molecule has 2 rings (SSSR count). The summed E-state index contributed by atoms with van der Waals surface area (Å²) in [6.07, 6.45) is -5.84. The van der Waals surface area contributed by atoms with Crippen LogP contribution in [0.3, 0.4) is 0 Å². The average molecular weight is 342 g/mol. The van der Waals surface area contributed by atoms with Gasteiger partial charge in [-0.05, 0) is 0 Å². The maximum atomic E-state index is 13.2. The van der Waals surface area contributed by atoms with Crippen molar-refractivity contribution in [3.8, 4) is 0 Å². The van der Waals surface area contributed by atoms with Gasteiger partial charge in [-0.1, -0.05) is 0 Å². The van der Waals surface area contributed by atoms with Gasteiger partial charge < -0.3 is 24.7 Å². The Kier molecular flexibility index (Phi) is 4.63. The van der Waals surface area contributed by atoms with E-state index in [1.807, 2.05) is 0 Å². The van der Waals surface area contributed by atoms with Crippen molar-refractivity contribution in [2.24, 2.45) is 0 Å². The molecule has 13 heteroatoms. The van der Waals surface area contributed by atoms with Gasteiger partial charge in [0.25, 0.3) is 5.56 Å². The van der Waals surface area contributed by atoms with E-state index in [0.29, 0.717) is 10.8 Å². The van der Waals surface area contributed by atoms with Crippen molar-refractivity contribution in [2.75, 3.05) is 6.61 Å². The second-order valence-corrected chi connectivity index (χ2v) is 5.72. The number of ether oxygens (including phenoxy) is 1. The molecule has 5 N–H and O–H groups in total. The van der Waals surface area contributed by atoms with Crippen LogP contribution in [0, 0.1) is 5.82 Å². The van der Waals surface area contributed by atoms with Crippen molar-refractivity contribution in [2.45, 2.75) is 24.5 Å². The first-order chi connectivity index (χ1) is 10.1. The van der Waals surface area contributed by atoms with Crippen LogP contribution in [-0.4, -0.2) is 54.5 Å². The second-order valence-electron chi connectivity index (χ2n) is 4.48. The van der Waals surface area contributed by atoms with Crippen LogP contribution < -0.4 is 11.2 Å². The van der Waals surface area contributed by atoms with E-state index in [2.05, 4.69) is 4.52 Å². The van der Waals surface area contributed by atoms with Crippen molar-refractivity contribution >= 4 is 7.82 Å². The third-order valence-electron chi connectivity index (χ3n) is 2.94. The summed E-state index contributed by atoms with van der Waals surface area (Å²) in [4.78, 5) is 41.3. The number of halogens is 1. The minimum atomic E-state index is -4.83. The Hall–Kier alpha value is -1.40. The number of hydrogen-bond acceptors (Lipinski definition) is 7. The van der Waals surface area contributed by atoms with E-state index in [0.717, 1.165) is 0 Å². The maximum absolute atomic E-state index is 13.2. The van der Waals surface area contributed by atoms with Crippen LogP contribution in [0.4, 0.5) is 4.39 Å². The van der Waals surface area contributed by atoms with E-state index in [1.165, 1.54) is 0 Å². The number of nitrogens with zero attached hydrogens (tertiary/aromatic N) is 1. The average Bonchev–Trinajstić information content (AvgIpc) is 2.68. The van der Waals surface area contributed by atoms with Crippen LogP contribution in [0.15, 0.2) is 15.8 Å². The molecule has 0 aliphatic carbocycles. The zero-order valence-electron chi connectivity index (χ0n) is 10.7. The Morgan fingerprint density at radius 1 is 1.36 bits per heavy atom. The van der Waals surface area contributed by atoms with Crippen molar-refractivity contribution in [1.29, 1.82) is 0 Å². The SMILES string of the molecule is O=c1[nH]c(=O)n([C@H]2O[C@@H](COP(=O)(O)O)[C@H](O)[C@@H]2O)cc1F. The summed E-state index contributed by atoms with van der Waals surface area (Å²) >= 11 is 0. The number of aliphatic hydroxyl groups excluding tert-OH is 2. The molecule has 0 aromatic carbocycles. The van der Waals surface area contributed by atoms with Crippen LogP contribution in [0.1, 0.15) is 6.23 Å². The molecular weight excluding hydrogens is 330 g/mol. The molecule has 1 saturated heterocycles. The summed E-state index contributed by atoms with van der Waals surface area (Å²) in [6.45, 7) is -0.778. The molecule has 4 atom stereocenters. The molecule has 11 nitrogen and oxygen atoms in total. The van der Waals surface area contributed by atoms with Crippen molar-refractivity contribution in [3.05, 3.63) is 32.9 Å². The molecule has 0 amide bonds. The highest BCUT2D eigenvalue weighted by Gasteiger charge is 2.45. The standard InChI is InChI=1S/C9H12FN2O9P/c10-3-1-12(9(16)11-7(3)15)8-6(14)5(13)4(21-8)2-20-22(17,18)19/h1,4-6,8,13-14H,2H2,(H,11,15,16)(H2,17,18,19)/t4-,5-,6-,8-/m0/s1. The number of H-pyrrole nitrogens is 1. The number of phosphoric ester groups is 1. The van der Waals surface area contributed by atoms with Crippen LogP contribution in [0.25, 0.3) is 0 Å². The highest BCUT2D eigenvalue weighted by molar-refractivity contribution is 7.46. The van der Waals surface area contributed by atoms with Crippen LogP contribution in [0.2, 0.25) is 0 Å². The molecule has 0 saturated carbocycles. The summed E-state index contributed by atoms with van der Waals surface area (Å²) in [5.74, 6) is -1.32. The number of aliphatic hydroxyl groups is 2. The van der Waals surface area contributed by atoms with Gasteiger partial charge in [-0.15, -0.1) is 0 Å². The Balaban J connectivity index is 2.23. The van der Waals surface area contributed by atoms with E-state index in [4.69, 9.17) is 14.5 Å². The fraction of sp³-hybridized carbons (Fsp3) is 0.556. The summed E-state index contributed by atoms with van der Waals surface area (Å²) in [5, 5.41) is 19.5. The first-order valence-corrected chi connectivity index (χ1v) is 7.36. The fourth-order valence-electron chi connectivity index (χ4n) is 1.92. The number of aromatic nitrogens is 2. The van der Waals surface area contributed by atoms with Gasteiger partial charge in [0.2, 0.25) is 5.82 Å². The summed E-state index contributed by atoms with van der Waals surface area (Å²) in [6, 6.07) is 0. The molecule has 1 aliphatic rings. The van der Waals surface area contributed by atoms with Gasteiger partial charge in [0.1, 0.15) is 18.3 Å². The third kappa shape index (κ3) is 3.50. The number of rotatable bonds is 4. The van der Waals surface area contributed by atoms with Gasteiger partial charge >= 0.3 is 13.5 Å². The fourth-order valence-corrected chi connectivity index (χ4v) is 2.26. The Labute approximate surface area is 120 Å². The number of hydrogen-bond donors (Lipinski definition) is 5. The Morgan fingerprint density at radius 2 is 2.00 bits per heavy atom. The molecule has 1 aromatic rings. The minimum absolute atomic E-state index is 0.480. The van der Waals surface area contributed by atoms with Crippen LogP contribution >= 0.6 is 7.82 Å². The monoisotopic (exact) mass is 342 g/mol. The summed E-state index contributed by atoms with van der Waals surface area (Å²) < 4.78 is 33.5. The largest absolute Gasteiger partial charge is 0.469 e. The number of phosphoric acid groups is 1. The molecule has 2 heterocycles. The third-order valence-corrected chi connectivity index (χ3v) is 3.43. The Bertz CT molecular complexity index is 712. The normalized spacial score (nSPS) is 29.0. The predicted molar refractivity (Wildman–Crippen MR) is 65.2 cm³/mol. The van der Waals surface area contributed by atoms with E-state index in [-0.39, 0.29) is 0 Å². The second kappa shape index (κ2) is 6.01. The van der Waals surface area contributed by atoms with E-state index >= 15 is 0 Å². The molecule has 0 radical (unpaired) electrons. The summed E-state index contributed by atoms with van der Waals surface area (Å²) in [7, 11) is -4.83. The van der Waals surface area contributed by atoms with Gasteiger partial charge in [-0.25, -0.2) is 9.36 Å². The lowest BCUT2D eigenvalue weighted by Crippen LogP contribution is -2.38. The quantitative estimate of drug-likeness (QED) is 0.368. The molecule has 124 valence electrons. The van der Waals surface area contributed by atoms with Crippen molar-refractivity contribution in [3.63, 3.8) is 0 Å². The van der Waals surface area contributed by atoms with Gasteiger partial charge in [0.15, 0.2) is 6.23 Å². The lowest BCUT2D eigenvalue weighted by Gasteiger charge is -2.16. The molecule has 1 aliphatic heterocycles. The number of nitrogens with one attached hydrogen (secondary N) is 1. The lowest BCUT2D eigenvalue weighted by molar-refractivity contribution is -0.0547. The first-order valence-electron chi connectivity index (χ1n) is 5.83.